The molecule has 2 N–H and O–H groups in total. The van der Waals surface area contributed by atoms with Crippen molar-refractivity contribution in [2.24, 2.45) is 11.7 Å². The molecule has 0 unspecified atom stereocenters. The summed E-state index contributed by atoms with van der Waals surface area (Å²) in [6, 6.07) is 7.56. The van der Waals surface area contributed by atoms with Crippen molar-refractivity contribution in [3.63, 3.8) is 0 Å². The van der Waals surface area contributed by atoms with Gasteiger partial charge in [-0.25, -0.2) is 0 Å². The van der Waals surface area contributed by atoms with Gasteiger partial charge in [-0.2, -0.15) is 0 Å². The largest absolute Gasteiger partial charge is 0.369 e. The molecule has 0 aromatic heterocycles. The first-order valence-electron chi connectivity index (χ1n) is 6.88. The lowest BCUT2D eigenvalue weighted by Gasteiger charge is -2.30. The van der Waals surface area contributed by atoms with E-state index in [0.29, 0.717) is 43.8 Å². The highest BCUT2D eigenvalue weighted by molar-refractivity contribution is 6.30. The minimum atomic E-state index is -0.254. The molecule has 1 aliphatic rings. The molecule has 0 atom stereocenters. The predicted molar refractivity (Wildman–Crippen MR) is 78.3 cm³/mol. The first kappa shape index (κ1) is 14.9. The molecule has 0 aliphatic carbocycles. The fraction of sp³-hybridized carbons (Fsp3) is 0.467. The van der Waals surface area contributed by atoms with Gasteiger partial charge in [0.1, 0.15) is 0 Å². The number of nitrogens with two attached hydrogens (primary N) is 1. The van der Waals surface area contributed by atoms with Crippen molar-refractivity contribution < 1.29 is 9.59 Å². The first-order chi connectivity index (χ1) is 9.56. The summed E-state index contributed by atoms with van der Waals surface area (Å²) in [5, 5.41) is 0.692. The highest BCUT2D eigenvalue weighted by Crippen LogP contribution is 2.18. The molecule has 5 heteroatoms. The third-order valence-corrected chi connectivity index (χ3v) is 4.00. The minimum absolute atomic E-state index is 0.0769. The maximum Gasteiger partial charge on any atom is 0.222 e. The zero-order valence-corrected chi connectivity index (χ0v) is 12.1. The number of nitrogens with zero attached hydrogens (tertiary/aromatic N) is 1. The lowest BCUT2D eigenvalue weighted by Crippen LogP contribution is -2.41. The quantitative estimate of drug-likeness (QED) is 0.923. The second-order valence-corrected chi connectivity index (χ2v) is 5.62. The molecular weight excluding hydrogens is 276 g/mol. The minimum Gasteiger partial charge on any atom is -0.369 e. The molecule has 1 aromatic carbocycles. The zero-order valence-electron chi connectivity index (χ0n) is 11.3. The van der Waals surface area contributed by atoms with E-state index in [1.165, 1.54) is 0 Å². The van der Waals surface area contributed by atoms with Crippen LogP contribution >= 0.6 is 11.6 Å². The zero-order chi connectivity index (χ0) is 14.5. The molecule has 108 valence electrons. The van der Waals surface area contributed by atoms with E-state index in [4.69, 9.17) is 17.3 Å². The van der Waals surface area contributed by atoms with Gasteiger partial charge in [-0.15, -0.1) is 0 Å². The smallest absolute Gasteiger partial charge is 0.222 e. The summed E-state index contributed by atoms with van der Waals surface area (Å²) in [5.41, 5.74) is 6.35. The van der Waals surface area contributed by atoms with Crippen molar-refractivity contribution in [3.8, 4) is 0 Å². The van der Waals surface area contributed by atoms with Crippen LogP contribution in [0.3, 0.4) is 0 Å². The van der Waals surface area contributed by atoms with Crippen LogP contribution in [-0.4, -0.2) is 29.8 Å². The van der Waals surface area contributed by atoms with E-state index in [-0.39, 0.29) is 17.7 Å². The van der Waals surface area contributed by atoms with Gasteiger partial charge in [-0.3, -0.25) is 9.59 Å². The molecule has 0 spiro atoms. The van der Waals surface area contributed by atoms with Gasteiger partial charge in [0, 0.05) is 30.5 Å². The molecule has 0 saturated carbocycles. The van der Waals surface area contributed by atoms with Crippen molar-refractivity contribution in [2.45, 2.75) is 25.7 Å². The average Bonchev–Trinajstić information content (AvgIpc) is 2.45. The third kappa shape index (κ3) is 3.97. The number of aryl methyl sites for hydroxylation is 1. The number of amides is 2. The summed E-state index contributed by atoms with van der Waals surface area (Å²) < 4.78 is 0. The van der Waals surface area contributed by atoms with Crippen LogP contribution in [0.4, 0.5) is 0 Å². The van der Waals surface area contributed by atoms with Gasteiger partial charge in [0.2, 0.25) is 11.8 Å². The van der Waals surface area contributed by atoms with Crippen LogP contribution < -0.4 is 5.73 Å². The molecule has 1 aliphatic heterocycles. The molecule has 20 heavy (non-hydrogen) atoms. The van der Waals surface area contributed by atoms with Gasteiger partial charge in [-0.05, 0) is 37.0 Å². The Morgan fingerprint density at radius 3 is 2.60 bits per heavy atom. The van der Waals surface area contributed by atoms with Crippen LogP contribution in [0.1, 0.15) is 24.8 Å². The number of rotatable bonds is 4. The molecule has 1 aromatic rings. The Morgan fingerprint density at radius 2 is 2.00 bits per heavy atom. The Balaban J connectivity index is 1.80. The summed E-state index contributed by atoms with van der Waals surface area (Å²) in [6.45, 7) is 1.25. The summed E-state index contributed by atoms with van der Waals surface area (Å²) in [6.07, 6.45) is 2.52. The molecule has 0 bridgehead atoms. The fourth-order valence-corrected chi connectivity index (χ4v) is 2.73. The monoisotopic (exact) mass is 294 g/mol. The van der Waals surface area contributed by atoms with Gasteiger partial charge in [0.15, 0.2) is 0 Å². The number of likely N-dealkylation sites (tertiary alicyclic amines) is 1. The van der Waals surface area contributed by atoms with Crippen molar-refractivity contribution in [3.05, 3.63) is 34.9 Å². The van der Waals surface area contributed by atoms with E-state index in [2.05, 4.69) is 0 Å². The van der Waals surface area contributed by atoms with E-state index in [1.54, 1.807) is 0 Å². The normalized spacial score (nSPS) is 16.1. The number of hydrogen-bond donors (Lipinski definition) is 1. The average molecular weight is 295 g/mol. The summed E-state index contributed by atoms with van der Waals surface area (Å²) in [7, 11) is 0. The Morgan fingerprint density at radius 1 is 1.30 bits per heavy atom. The maximum atomic E-state index is 12.1. The molecule has 2 amide bonds. The van der Waals surface area contributed by atoms with Crippen molar-refractivity contribution in [1.82, 2.24) is 4.90 Å². The third-order valence-electron chi connectivity index (χ3n) is 3.77. The van der Waals surface area contributed by atoms with Crippen molar-refractivity contribution in [2.75, 3.05) is 13.1 Å². The number of carbonyl (C=O) groups is 2. The maximum absolute atomic E-state index is 12.1. The number of primary amides is 1. The Hall–Kier alpha value is -1.55. The number of halogens is 1. The van der Waals surface area contributed by atoms with Crippen LogP contribution in [0.5, 0.6) is 0 Å². The number of benzene rings is 1. The van der Waals surface area contributed by atoms with Gasteiger partial charge >= 0.3 is 0 Å². The SMILES string of the molecule is NC(=O)C1CCN(C(=O)CCc2cccc(Cl)c2)CC1. The second kappa shape index (κ2) is 6.75. The molecule has 2 rings (SSSR count). The first-order valence-corrected chi connectivity index (χ1v) is 7.25. The van der Waals surface area contributed by atoms with Crippen LogP contribution in [0.25, 0.3) is 0 Å². The highest BCUT2D eigenvalue weighted by Gasteiger charge is 2.25. The van der Waals surface area contributed by atoms with E-state index < -0.39 is 0 Å². The topological polar surface area (TPSA) is 63.4 Å². The van der Waals surface area contributed by atoms with Gasteiger partial charge in [0.25, 0.3) is 0 Å². The van der Waals surface area contributed by atoms with E-state index in [0.717, 1.165) is 5.56 Å². The molecular formula is C15H19ClN2O2. The van der Waals surface area contributed by atoms with Crippen molar-refractivity contribution >= 4 is 23.4 Å². The Labute approximate surface area is 123 Å². The summed E-state index contributed by atoms with van der Waals surface area (Å²) in [4.78, 5) is 25.0. The Kier molecular flexibility index (Phi) is 5.01. The summed E-state index contributed by atoms with van der Waals surface area (Å²) >= 11 is 5.92. The van der Waals surface area contributed by atoms with Gasteiger partial charge in [0.05, 0.1) is 0 Å². The number of hydrogen-bond acceptors (Lipinski definition) is 2. The van der Waals surface area contributed by atoms with Crippen LogP contribution in [0.15, 0.2) is 24.3 Å². The fourth-order valence-electron chi connectivity index (χ4n) is 2.52. The van der Waals surface area contributed by atoms with Crippen molar-refractivity contribution in [1.29, 1.82) is 0 Å². The van der Waals surface area contributed by atoms with E-state index in [1.807, 2.05) is 29.2 Å². The lowest BCUT2D eigenvalue weighted by molar-refractivity contribution is -0.134. The highest BCUT2D eigenvalue weighted by atomic mass is 35.5. The van der Waals surface area contributed by atoms with E-state index in [9.17, 15) is 9.59 Å². The summed E-state index contributed by atoms with van der Waals surface area (Å²) in [5.74, 6) is -0.198. The number of piperidine rings is 1. The van der Waals surface area contributed by atoms with Gasteiger partial charge in [-0.1, -0.05) is 23.7 Å². The molecule has 1 saturated heterocycles. The molecule has 1 fully saturated rings. The second-order valence-electron chi connectivity index (χ2n) is 5.19. The standard InChI is InChI=1S/C15H19ClN2O2/c16-13-3-1-2-11(10-13)4-5-14(19)18-8-6-12(7-9-18)15(17)20/h1-3,10,12H,4-9H2,(H2,17,20). The van der Waals surface area contributed by atoms with Crippen LogP contribution in [-0.2, 0) is 16.0 Å². The molecule has 4 nitrogen and oxygen atoms in total. The van der Waals surface area contributed by atoms with Crippen LogP contribution in [0, 0.1) is 5.92 Å². The van der Waals surface area contributed by atoms with Gasteiger partial charge < -0.3 is 10.6 Å². The lowest BCUT2D eigenvalue weighted by atomic mass is 9.96. The predicted octanol–water partition coefficient (Wildman–Crippen LogP) is 2.00. The Bertz CT molecular complexity index is 496. The molecule has 0 radical (unpaired) electrons. The van der Waals surface area contributed by atoms with E-state index >= 15 is 0 Å². The van der Waals surface area contributed by atoms with Crippen LogP contribution in [0.2, 0.25) is 5.02 Å². The number of carbonyl (C=O) groups excluding carboxylic acids is 2. The molecule has 1 heterocycles.